The summed E-state index contributed by atoms with van der Waals surface area (Å²) in [6.45, 7) is 3.78. The zero-order chi connectivity index (χ0) is 12.7. The molecule has 17 heavy (non-hydrogen) atoms. The molecule has 0 aromatic carbocycles. The lowest BCUT2D eigenvalue weighted by molar-refractivity contribution is -0.124. The van der Waals surface area contributed by atoms with Gasteiger partial charge in [-0.25, -0.2) is 0 Å². The number of amides is 1. The lowest BCUT2D eigenvalue weighted by Gasteiger charge is -2.26. The van der Waals surface area contributed by atoms with E-state index in [9.17, 15) is 4.79 Å². The molecular weight excluding hydrogens is 220 g/mol. The molecule has 1 rings (SSSR count). The molecule has 0 spiro atoms. The highest BCUT2D eigenvalue weighted by Gasteiger charge is 2.35. The van der Waals surface area contributed by atoms with Gasteiger partial charge in [-0.3, -0.25) is 4.79 Å². The Morgan fingerprint density at radius 3 is 2.94 bits per heavy atom. The molecule has 0 radical (unpaired) electrons. The summed E-state index contributed by atoms with van der Waals surface area (Å²) in [5.41, 5.74) is 5.43. The minimum absolute atomic E-state index is 0.0956. The van der Waals surface area contributed by atoms with Crippen LogP contribution in [-0.2, 0) is 14.3 Å². The van der Waals surface area contributed by atoms with Crippen molar-refractivity contribution in [2.24, 2.45) is 5.73 Å². The SMILES string of the molecule is CCCC[C@H](N)C(=O)NCC1(OC)CCOC1. The third-order valence-electron chi connectivity index (χ3n) is 3.29. The summed E-state index contributed by atoms with van der Waals surface area (Å²) in [5.74, 6) is -0.0956. The third-order valence-corrected chi connectivity index (χ3v) is 3.29. The van der Waals surface area contributed by atoms with Crippen LogP contribution in [0.1, 0.15) is 32.6 Å². The highest BCUT2D eigenvalue weighted by atomic mass is 16.5. The summed E-state index contributed by atoms with van der Waals surface area (Å²) in [4.78, 5) is 11.7. The van der Waals surface area contributed by atoms with Crippen LogP contribution in [-0.4, -0.2) is 44.4 Å². The van der Waals surface area contributed by atoms with Crippen LogP contribution in [0.2, 0.25) is 0 Å². The van der Waals surface area contributed by atoms with E-state index < -0.39 is 6.04 Å². The first-order valence-corrected chi connectivity index (χ1v) is 6.30. The van der Waals surface area contributed by atoms with Crippen LogP contribution in [0.25, 0.3) is 0 Å². The normalized spacial score (nSPS) is 25.8. The van der Waals surface area contributed by atoms with Crippen molar-refractivity contribution < 1.29 is 14.3 Å². The first kappa shape index (κ1) is 14.4. The molecule has 2 atom stereocenters. The van der Waals surface area contributed by atoms with Gasteiger partial charge in [0.05, 0.1) is 12.6 Å². The molecule has 100 valence electrons. The number of carbonyl (C=O) groups excluding carboxylic acids is 1. The van der Waals surface area contributed by atoms with E-state index in [2.05, 4.69) is 12.2 Å². The second-order valence-corrected chi connectivity index (χ2v) is 4.66. The number of rotatable bonds is 7. The maximum absolute atomic E-state index is 11.7. The van der Waals surface area contributed by atoms with Crippen molar-refractivity contribution in [3.63, 3.8) is 0 Å². The van der Waals surface area contributed by atoms with Crippen molar-refractivity contribution in [3.05, 3.63) is 0 Å². The quantitative estimate of drug-likeness (QED) is 0.681. The summed E-state index contributed by atoms with van der Waals surface area (Å²) < 4.78 is 10.7. The number of hydrogen-bond donors (Lipinski definition) is 2. The number of nitrogens with two attached hydrogens (primary N) is 1. The summed E-state index contributed by atoms with van der Waals surface area (Å²) in [6, 6.07) is -0.411. The van der Waals surface area contributed by atoms with Crippen molar-refractivity contribution in [3.8, 4) is 0 Å². The molecule has 1 fully saturated rings. The van der Waals surface area contributed by atoms with Gasteiger partial charge in [0.15, 0.2) is 0 Å². The summed E-state index contributed by atoms with van der Waals surface area (Å²) in [7, 11) is 1.65. The number of unbranched alkanes of at least 4 members (excludes halogenated alkanes) is 1. The fourth-order valence-corrected chi connectivity index (χ4v) is 1.90. The molecule has 0 aromatic heterocycles. The summed E-state index contributed by atoms with van der Waals surface area (Å²) >= 11 is 0. The predicted octanol–water partition coefficient (Wildman–Crippen LogP) is 0.426. The number of hydrogen-bond acceptors (Lipinski definition) is 4. The van der Waals surface area contributed by atoms with Crippen LogP contribution >= 0.6 is 0 Å². The van der Waals surface area contributed by atoms with Crippen LogP contribution in [0.5, 0.6) is 0 Å². The molecule has 0 aromatic rings. The Balaban J connectivity index is 2.31. The van der Waals surface area contributed by atoms with Crippen LogP contribution in [0.3, 0.4) is 0 Å². The van der Waals surface area contributed by atoms with E-state index >= 15 is 0 Å². The maximum Gasteiger partial charge on any atom is 0.237 e. The number of methoxy groups -OCH3 is 1. The summed E-state index contributed by atoms with van der Waals surface area (Å²) in [5, 5.41) is 2.86. The Bertz CT molecular complexity index is 240. The van der Waals surface area contributed by atoms with Crippen molar-refractivity contribution in [2.45, 2.75) is 44.2 Å². The number of nitrogens with one attached hydrogen (secondary N) is 1. The van der Waals surface area contributed by atoms with Gasteiger partial charge in [0, 0.05) is 26.7 Å². The average Bonchev–Trinajstić information content (AvgIpc) is 2.82. The van der Waals surface area contributed by atoms with E-state index in [0.717, 1.165) is 25.7 Å². The summed E-state index contributed by atoms with van der Waals surface area (Å²) in [6.07, 6.45) is 3.58. The standard InChI is InChI=1S/C12H24N2O3/c1-3-4-5-10(13)11(15)14-8-12(16-2)6-7-17-9-12/h10H,3-9,13H2,1-2H3,(H,14,15)/t10-,12?/m0/s1. The molecule has 1 saturated heterocycles. The van der Waals surface area contributed by atoms with E-state index in [-0.39, 0.29) is 11.5 Å². The fraction of sp³-hybridized carbons (Fsp3) is 0.917. The lowest BCUT2D eigenvalue weighted by atomic mass is 10.0. The molecule has 1 unspecified atom stereocenters. The minimum Gasteiger partial charge on any atom is -0.378 e. The number of carbonyl (C=O) groups is 1. The maximum atomic E-state index is 11.7. The Labute approximate surface area is 103 Å². The Morgan fingerprint density at radius 2 is 2.41 bits per heavy atom. The third kappa shape index (κ3) is 4.26. The Kier molecular flexibility index (Phi) is 5.88. The molecule has 0 saturated carbocycles. The topological polar surface area (TPSA) is 73.6 Å². The van der Waals surface area contributed by atoms with Gasteiger partial charge in [0.1, 0.15) is 5.60 Å². The first-order valence-electron chi connectivity index (χ1n) is 6.30. The largest absolute Gasteiger partial charge is 0.378 e. The van der Waals surface area contributed by atoms with E-state index in [1.807, 2.05) is 0 Å². The molecule has 1 amide bonds. The van der Waals surface area contributed by atoms with Crippen LogP contribution in [0.15, 0.2) is 0 Å². The van der Waals surface area contributed by atoms with E-state index in [0.29, 0.717) is 19.8 Å². The minimum atomic E-state index is -0.411. The van der Waals surface area contributed by atoms with Gasteiger partial charge in [-0.2, -0.15) is 0 Å². The smallest absolute Gasteiger partial charge is 0.237 e. The van der Waals surface area contributed by atoms with Crippen LogP contribution in [0.4, 0.5) is 0 Å². The van der Waals surface area contributed by atoms with Crippen LogP contribution < -0.4 is 11.1 Å². The molecule has 1 aliphatic heterocycles. The van der Waals surface area contributed by atoms with Crippen molar-refractivity contribution in [1.82, 2.24) is 5.32 Å². The van der Waals surface area contributed by atoms with Crippen molar-refractivity contribution >= 4 is 5.91 Å². The Hall–Kier alpha value is -0.650. The van der Waals surface area contributed by atoms with E-state index in [4.69, 9.17) is 15.2 Å². The van der Waals surface area contributed by atoms with Crippen LogP contribution in [0, 0.1) is 0 Å². The number of ether oxygens (including phenoxy) is 2. The fourth-order valence-electron chi connectivity index (χ4n) is 1.90. The molecule has 5 nitrogen and oxygen atoms in total. The second-order valence-electron chi connectivity index (χ2n) is 4.66. The van der Waals surface area contributed by atoms with Gasteiger partial charge in [-0.1, -0.05) is 19.8 Å². The highest BCUT2D eigenvalue weighted by molar-refractivity contribution is 5.81. The monoisotopic (exact) mass is 244 g/mol. The molecule has 0 bridgehead atoms. The average molecular weight is 244 g/mol. The van der Waals surface area contributed by atoms with Gasteiger partial charge in [0.2, 0.25) is 5.91 Å². The van der Waals surface area contributed by atoms with Gasteiger partial charge in [-0.05, 0) is 6.42 Å². The lowest BCUT2D eigenvalue weighted by Crippen LogP contribution is -2.49. The molecule has 5 heteroatoms. The molecule has 1 heterocycles. The predicted molar refractivity (Wildman–Crippen MR) is 65.7 cm³/mol. The zero-order valence-corrected chi connectivity index (χ0v) is 10.8. The molecule has 3 N–H and O–H groups in total. The van der Waals surface area contributed by atoms with Gasteiger partial charge in [0.25, 0.3) is 0 Å². The molecule has 0 aliphatic carbocycles. The van der Waals surface area contributed by atoms with Gasteiger partial charge < -0.3 is 20.5 Å². The highest BCUT2D eigenvalue weighted by Crippen LogP contribution is 2.21. The molecular formula is C12H24N2O3. The van der Waals surface area contributed by atoms with Crippen molar-refractivity contribution in [2.75, 3.05) is 26.9 Å². The Morgan fingerprint density at radius 1 is 1.65 bits per heavy atom. The van der Waals surface area contributed by atoms with Gasteiger partial charge in [-0.15, -0.1) is 0 Å². The van der Waals surface area contributed by atoms with Crippen molar-refractivity contribution in [1.29, 1.82) is 0 Å². The zero-order valence-electron chi connectivity index (χ0n) is 10.8. The van der Waals surface area contributed by atoms with Gasteiger partial charge >= 0.3 is 0 Å². The second kappa shape index (κ2) is 6.93. The first-order chi connectivity index (χ1) is 8.13. The molecule has 1 aliphatic rings. The van der Waals surface area contributed by atoms with E-state index in [1.165, 1.54) is 0 Å². The van der Waals surface area contributed by atoms with E-state index in [1.54, 1.807) is 7.11 Å².